The molecular weight excluding hydrogens is 441 g/mol. The highest BCUT2D eigenvalue weighted by atomic mass is 127. The van der Waals surface area contributed by atoms with Crippen LogP contribution >= 0.6 is 24.0 Å². The van der Waals surface area contributed by atoms with Crippen molar-refractivity contribution in [1.29, 1.82) is 0 Å². The van der Waals surface area contributed by atoms with Crippen LogP contribution in [-0.2, 0) is 4.79 Å². The maximum atomic E-state index is 12.0. The van der Waals surface area contributed by atoms with Gasteiger partial charge >= 0.3 is 0 Å². The third kappa shape index (κ3) is 8.33. The van der Waals surface area contributed by atoms with Gasteiger partial charge in [-0.25, -0.2) is 4.98 Å². The third-order valence-corrected chi connectivity index (χ3v) is 4.49. The molecule has 1 heterocycles. The maximum Gasteiger partial charge on any atom is 0.227 e. The van der Waals surface area contributed by atoms with Gasteiger partial charge in [-0.2, -0.15) is 0 Å². The summed E-state index contributed by atoms with van der Waals surface area (Å²) in [7, 11) is 0. The number of amides is 1. The molecule has 1 aromatic heterocycles. The summed E-state index contributed by atoms with van der Waals surface area (Å²) < 4.78 is 0. The van der Waals surface area contributed by atoms with Crippen LogP contribution in [0.1, 0.15) is 51.5 Å². The number of aromatic nitrogens is 1. The standard InChI is InChI=1S/C19H31N5O.HI/c1-4-20-19(23-16-8-5-14(2)6-9-16)21-12-11-18(25)24-17-10-7-15(3)13-22-17;/h7,10,13-14,16H,4-6,8-9,11-12H2,1-3H3,(H2,20,21,23)(H,22,24,25);1H. The number of hydrogen-bond donors (Lipinski definition) is 3. The molecule has 1 aliphatic rings. The summed E-state index contributed by atoms with van der Waals surface area (Å²) in [5.41, 5.74) is 1.07. The summed E-state index contributed by atoms with van der Waals surface area (Å²) in [6.07, 6.45) is 6.99. The second-order valence-electron chi connectivity index (χ2n) is 6.88. The zero-order valence-electron chi connectivity index (χ0n) is 16.0. The Kier molecular flexibility index (Phi) is 10.5. The van der Waals surface area contributed by atoms with Gasteiger partial charge < -0.3 is 16.0 Å². The normalized spacial score (nSPS) is 20.0. The Bertz CT molecular complexity index is 568. The third-order valence-electron chi connectivity index (χ3n) is 4.49. The molecule has 0 saturated heterocycles. The summed E-state index contributed by atoms with van der Waals surface area (Å²) >= 11 is 0. The van der Waals surface area contributed by atoms with Crippen LogP contribution in [0.2, 0.25) is 0 Å². The van der Waals surface area contributed by atoms with Gasteiger partial charge in [0, 0.05) is 25.2 Å². The van der Waals surface area contributed by atoms with Crippen LogP contribution in [0.15, 0.2) is 23.3 Å². The monoisotopic (exact) mass is 473 g/mol. The van der Waals surface area contributed by atoms with Crippen molar-refractivity contribution >= 4 is 41.7 Å². The Morgan fingerprint density at radius 1 is 1.27 bits per heavy atom. The van der Waals surface area contributed by atoms with E-state index in [-0.39, 0.29) is 29.9 Å². The van der Waals surface area contributed by atoms with E-state index in [1.807, 2.05) is 19.1 Å². The van der Waals surface area contributed by atoms with E-state index in [9.17, 15) is 4.79 Å². The lowest BCUT2D eigenvalue weighted by Crippen LogP contribution is -2.44. The molecular formula is C19H32IN5O. The molecule has 0 aromatic carbocycles. The molecule has 0 bridgehead atoms. The van der Waals surface area contributed by atoms with Crippen LogP contribution in [0.25, 0.3) is 0 Å². The average molecular weight is 473 g/mol. The van der Waals surface area contributed by atoms with Crippen molar-refractivity contribution in [2.45, 2.75) is 58.9 Å². The molecule has 146 valence electrons. The maximum absolute atomic E-state index is 12.0. The molecule has 1 aromatic rings. The number of nitrogens with one attached hydrogen (secondary N) is 3. The molecule has 3 N–H and O–H groups in total. The fraction of sp³-hybridized carbons (Fsp3) is 0.632. The Morgan fingerprint density at radius 3 is 2.62 bits per heavy atom. The van der Waals surface area contributed by atoms with Crippen molar-refractivity contribution in [2.24, 2.45) is 10.9 Å². The van der Waals surface area contributed by atoms with Gasteiger partial charge in [0.1, 0.15) is 5.82 Å². The van der Waals surface area contributed by atoms with Crippen molar-refractivity contribution in [2.75, 3.05) is 18.4 Å². The van der Waals surface area contributed by atoms with Crippen molar-refractivity contribution in [3.05, 3.63) is 23.9 Å². The average Bonchev–Trinajstić information content (AvgIpc) is 2.59. The highest BCUT2D eigenvalue weighted by molar-refractivity contribution is 14.0. The summed E-state index contributed by atoms with van der Waals surface area (Å²) in [5, 5.41) is 9.57. The van der Waals surface area contributed by atoms with Crippen molar-refractivity contribution in [3.8, 4) is 0 Å². The quantitative estimate of drug-likeness (QED) is 0.336. The van der Waals surface area contributed by atoms with Gasteiger partial charge in [-0.05, 0) is 57.1 Å². The molecule has 1 saturated carbocycles. The van der Waals surface area contributed by atoms with E-state index < -0.39 is 0 Å². The van der Waals surface area contributed by atoms with E-state index in [4.69, 9.17) is 0 Å². The second kappa shape index (κ2) is 12.1. The van der Waals surface area contributed by atoms with Crippen LogP contribution < -0.4 is 16.0 Å². The van der Waals surface area contributed by atoms with Crippen molar-refractivity contribution in [3.63, 3.8) is 0 Å². The summed E-state index contributed by atoms with van der Waals surface area (Å²) in [6.45, 7) is 7.60. The molecule has 0 spiro atoms. The zero-order valence-corrected chi connectivity index (χ0v) is 18.4. The highest BCUT2D eigenvalue weighted by Gasteiger charge is 2.18. The van der Waals surface area contributed by atoms with Gasteiger partial charge in [-0.1, -0.05) is 13.0 Å². The summed E-state index contributed by atoms with van der Waals surface area (Å²) in [5.74, 6) is 2.16. The molecule has 1 fully saturated rings. The first-order valence-electron chi connectivity index (χ1n) is 9.34. The van der Waals surface area contributed by atoms with Gasteiger partial charge in [0.25, 0.3) is 0 Å². The first-order chi connectivity index (χ1) is 12.1. The number of nitrogens with zero attached hydrogens (tertiary/aromatic N) is 2. The first-order valence-corrected chi connectivity index (χ1v) is 9.34. The Balaban J connectivity index is 0.00000338. The SMILES string of the molecule is CCNC(=NCCC(=O)Nc1ccc(C)cn1)NC1CCC(C)CC1.I. The fourth-order valence-electron chi connectivity index (χ4n) is 2.93. The van der Waals surface area contributed by atoms with Crippen LogP contribution in [0.5, 0.6) is 0 Å². The molecule has 0 unspecified atom stereocenters. The molecule has 1 aliphatic carbocycles. The molecule has 7 heteroatoms. The number of aryl methyl sites for hydroxylation is 1. The number of aliphatic imine (C=N–C) groups is 1. The number of halogens is 1. The van der Waals surface area contributed by atoms with Crippen LogP contribution in [0, 0.1) is 12.8 Å². The number of pyridine rings is 1. The van der Waals surface area contributed by atoms with E-state index >= 15 is 0 Å². The van der Waals surface area contributed by atoms with Crippen LogP contribution in [0.4, 0.5) is 5.82 Å². The van der Waals surface area contributed by atoms with E-state index in [0.717, 1.165) is 24.0 Å². The Labute approximate surface area is 174 Å². The largest absolute Gasteiger partial charge is 0.357 e. The highest BCUT2D eigenvalue weighted by Crippen LogP contribution is 2.23. The minimum atomic E-state index is -0.0672. The lowest BCUT2D eigenvalue weighted by atomic mass is 9.87. The van der Waals surface area contributed by atoms with Gasteiger partial charge in [-0.3, -0.25) is 9.79 Å². The number of guanidine groups is 1. The Hall–Kier alpha value is -1.38. The minimum absolute atomic E-state index is 0. The van der Waals surface area contributed by atoms with E-state index in [1.165, 1.54) is 25.7 Å². The Morgan fingerprint density at radius 2 is 2.00 bits per heavy atom. The van der Waals surface area contributed by atoms with Gasteiger partial charge in [0.2, 0.25) is 5.91 Å². The second-order valence-corrected chi connectivity index (χ2v) is 6.88. The molecule has 0 aliphatic heterocycles. The lowest BCUT2D eigenvalue weighted by molar-refractivity contribution is -0.116. The minimum Gasteiger partial charge on any atom is -0.357 e. The summed E-state index contributed by atoms with van der Waals surface area (Å²) in [6, 6.07) is 4.23. The molecule has 1 amide bonds. The number of rotatable bonds is 6. The first kappa shape index (κ1) is 22.7. The molecule has 6 nitrogen and oxygen atoms in total. The van der Waals surface area contributed by atoms with Crippen LogP contribution in [-0.4, -0.2) is 36.0 Å². The number of anilines is 1. The molecule has 26 heavy (non-hydrogen) atoms. The fourth-order valence-corrected chi connectivity index (χ4v) is 2.93. The topological polar surface area (TPSA) is 78.4 Å². The van der Waals surface area contributed by atoms with Gasteiger partial charge in [-0.15, -0.1) is 24.0 Å². The molecule has 2 rings (SSSR count). The smallest absolute Gasteiger partial charge is 0.227 e. The molecule has 0 radical (unpaired) electrons. The van der Waals surface area contributed by atoms with Gasteiger partial charge in [0.15, 0.2) is 5.96 Å². The molecule has 0 atom stereocenters. The number of hydrogen-bond acceptors (Lipinski definition) is 3. The van der Waals surface area contributed by atoms with Crippen LogP contribution in [0.3, 0.4) is 0 Å². The summed E-state index contributed by atoms with van der Waals surface area (Å²) in [4.78, 5) is 20.7. The van der Waals surface area contributed by atoms with Gasteiger partial charge in [0.05, 0.1) is 6.54 Å². The van der Waals surface area contributed by atoms with E-state index in [1.54, 1.807) is 6.20 Å². The zero-order chi connectivity index (χ0) is 18.1. The lowest BCUT2D eigenvalue weighted by Gasteiger charge is -2.28. The predicted molar refractivity (Wildman–Crippen MR) is 118 cm³/mol. The van der Waals surface area contributed by atoms with Crippen molar-refractivity contribution < 1.29 is 4.79 Å². The van der Waals surface area contributed by atoms with E-state index in [2.05, 4.69) is 39.8 Å². The van der Waals surface area contributed by atoms with Crippen molar-refractivity contribution in [1.82, 2.24) is 15.6 Å². The predicted octanol–water partition coefficient (Wildman–Crippen LogP) is 3.47. The number of carbonyl (C=O) groups excluding carboxylic acids is 1. The van der Waals surface area contributed by atoms with E-state index in [0.29, 0.717) is 24.8 Å². The number of carbonyl (C=O) groups is 1.